The Balaban J connectivity index is 2.23. The number of aromatic carboxylic acids is 2. The van der Waals surface area contributed by atoms with Crippen LogP contribution in [0.1, 0.15) is 20.7 Å². The van der Waals surface area contributed by atoms with Crippen LogP contribution in [-0.2, 0) is 4.79 Å². The van der Waals surface area contributed by atoms with Crippen molar-refractivity contribution in [3.8, 4) is 5.75 Å². The molecular weight excluding hydrogens is 264 g/mol. The van der Waals surface area contributed by atoms with Crippen LogP contribution in [0.3, 0.4) is 0 Å². The van der Waals surface area contributed by atoms with Crippen LogP contribution in [0.25, 0.3) is 0 Å². The molecule has 0 atom stereocenters. The van der Waals surface area contributed by atoms with Crippen LogP contribution in [0.5, 0.6) is 5.75 Å². The van der Waals surface area contributed by atoms with Crippen LogP contribution < -0.4 is 4.74 Å². The molecule has 20 heavy (non-hydrogen) atoms. The molecule has 0 heterocycles. The predicted molar refractivity (Wildman–Crippen MR) is 66.4 cm³/mol. The molecule has 6 heteroatoms. The van der Waals surface area contributed by atoms with Gasteiger partial charge in [-0.25, -0.2) is 9.59 Å². The highest BCUT2D eigenvalue weighted by molar-refractivity contribution is 5.96. The minimum absolute atomic E-state index is 0.131. The van der Waals surface area contributed by atoms with Crippen molar-refractivity contribution in [1.82, 2.24) is 0 Å². The number of carboxylic acid groups (broad SMARTS) is 2. The van der Waals surface area contributed by atoms with Crippen molar-refractivity contribution in [2.24, 2.45) is 0 Å². The lowest BCUT2D eigenvalue weighted by molar-refractivity contribution is -0.131. The fourth-order valence-corrected chi connectivity index (χ4v) is 1.58. The van der Waals surface area contributed by atoms with E-state index in [0.29, 0.717) is 5.92 Å². The summed E-state index contributed by atoms with van der Waals surface area (Å²) in [7, 11) is 0. The number of hydrogen-bond donors (Lipinski definition) is 2. The molecule has 2 N–H and O–H groups in total. The molecule has 1 aliphatic carbocycles. The van der Waals surface area contributed by atoms with E-state index in [1.54, 1.807) is 12.8 Å². The summed E-state index contributed by atoms with van der Waals surface area (Å²) < 4.78 is 4.97. The summed E-state index contributed by atoms with van der Waals surface area (Å²) in [4.78, 5) is 33.5. The Labute approximate surface area is 115 Å². The third-order valence-electron chi connectivity index (χ3n) is 2.51. The number of rotatable bonds is 4. The van der Waals surface area contributed by atoms with Crippen LogP contribution >= 0.6 is 0 Å². The van der Waals surface area contributed by atoms with Gasteiger partial charge in [-0.05, 0) is 43.9 Å². The Hall–Kier alpha value is -2.37. The third-order valence-corrected chi connectivity index (χ3v) is 2.51. The summed E-state index contributed by atoms with van der Waals surface area (Å²) in [6.45, 7) is 0. The monoisotopic (exact) mass is 273 g/mol. The van der Waals surface area contributed by atoms with Crippen LogP contribution in [-0.4, -0.2) is 28.1 Å². The van der Waals surface area contributed by atoms with Gasteiger partial charge in [0.2, 0.25) is 0 Å². The van der Waals surface area contributed by atoms with Gasteiger partial charge in [0.15, 0.2) is 0 Å². The topological polar surface area (TPSA) is 101 Å². The van der Waals surface area contributed by atoms with Gasteiger partial charge in [0, 0.05) is 0 Å². The second kappa shape index (κ2) is 5.73. The summed E-state index contributed by atoms with van der Waals surface area (Å²) in [5.41, 5.74) is -0.537. The molecule has 1 saturated carbocycles. The fourth-order valence-electron chi connectivity index (χ4n) is 1.58. The first-order chi connectivity index (χ1) is 9.47. The van der Waals surface area contributed by atoms with Crippen LogP contribution in [0, 0.1) is 31.6 Å². The van der Waals surface area contributed by atoms with Gasteiger partial charge in [0.05, 0.1) is 17.0 Å². The fraction of sp³-hybridized carbons (Fsp3) is 0. The van der Waals surface area contributed by atoms with Crippen molar-refractivity contribution in [3.63, 3.8) is 0 Å². The molecule has 1 fully saturated rings. The lowest BCUT2D eigenvalue weighted by Crippen LogP contribution is -2.17. The van der Waals surface area contributed by atoms with Crippen molar-refractivity contribution in [2.75, 3.05) is 0 Å². The van der Waals surface area contributed by atoms with Crippen molar-refractivity contribution in [3.05, 3.63) is 60.9 Å². The highest BCUT2D eigenvalue weighted by Gasteiger charge is 2.27. The summed E-state index contributed by atoms with van der Waals surface area (Å²) in [6, 6.07) is 3.18. The number of ether oxygens (including phenoxy) is 1. The zero-order valence-electron chi connectivity index (χ0n) is 10.1. The van der Waals surface area contributed by atoms with E-state index in [0.717, 1.165) is 18.2 Å². The molecule has 0 aromatic heterocycles. The first-order valence-electron chi connectivity index (χ1n) is 5.53. The van der Waals surface area contributed by atoms with Gasteiger partial charge >= 0.3 is 17.9 Å². The van der Waals surface area contributed by atoms with Crippen molar-refractivity contribution in [2.45, 2.75) is 0 Å². The highest BCUT2D eigenvalue weighted by atomic mass is 16.5. The van der Waals surface area contributed by atoms with Crippen LogP contribution in [0.2, 0.25) is 0 Å². The second-order valence-corrected chi connectivity index (χ2v) is 3.92. The molecule has 2 rings (SSSR count). The number of carbonyl (C=O) groups excluding carboxylic acids is 1. The minimum Gasteiger partial charge on any atom is -0.478 e. The quantitative estimate of drug-likeness (QED) is 0.635. The summed E-state index contributed by atoms with van der Waals surface area (Å²) in [5.74, 6) is -3.14. The maximum atomic E-state index is 11.7. The minimum atomic E-state index is -1.31. The first kappa shape index (κ1) is 14.0. The molecule has 1 aliphatic rings. The molecule has 0 aliphatic heterocycles. The van der Waals surface area contributed by atoms with Crippen molar-refractivity contribution >= 4 is 17.9 Å². The Morgan fingerprint density at radius 1 is 0.850 bits per heavy atom. The Morgan fingerprint density at radius 3 is 1.80 bits per heavy atom. The lowest BCUT2D eigenvalue weighted by Gasteiger charge is -2.09. The van der Waals surface area contributed by atoms with Gasteiger partial charge < -0.3 is 14.9 Å². The summed E-state index contributed by atoms with van der Waals surface area (Å²) in [6.07, 6.45) is 6.35. The smallest absolute Gasteiger partial charge is 0.335 e. The van der Waals surface area contributed by atoms with E-state index in [-0.39, 0.29) is 16.9 Å². The highest BCUT2D eigenvalue weighted by Crippen LogP contribution is 2.26. The first-order valence-corrected chi connectivity index (χ1v) is 5.53. The molecule has 0 amide bonds. The van der Waals surface area contributed by atoms with Gasteiger partial charge in [-0.1, -0.05) is 0 Å². The summed E-state index contributed by atoms with van der Waals surface area (Å²) >= 11 is 0. The predicted octanol–water partition coefficient (Wildman–Crippen LogP) is 1.39. The zero-order chi connectivity index (χ0) is 14.7. The van der Waals surface area contributed by atoms with E-state index in [1.165, 1.54) is 12.8 Å². The number of hydrogen-bond acceptors (Lipinski definition) is 4. The molecule has 0 spiro atoms. The van der Waals surface area contributed by atoms with E-state index in [9.17, 15) is 14.4 Å². The van der Waals surface area contributed by atoms with Crippen molar-refractivity contribution < 1.29 is 29.3 Å². The number of carboxylic acids is 2. The molecular formula is C14H9O6. The van der Waals surface area contributed by atoms with Gasteiger partial charge in [-0.15, -0.1) is 0 Å². The average molecular weight is 273 g/mol. The van der Waals surface area contributed by atoms with Gasteiger partial charge in [0.1, 0.15) is 5.75 Å². The number of benzene rings is 1. The van der Waals surface area contributed by atoms with Gasteiger partial charge in [0.25, 0.3) is 0 Å². The van der Waals surface area contributed by atoms with E-state index in [4.69, 9.17) is 14.9 Å². The molecule has 1 aromatic rings. The van der Waals surface area contributed by atoms with Crippen LogP contribution in [0.15, 0.2) is 18.2 Å². The molecule has 101 valence electrons. The Bertz CT molecular complexity index is 525. The van der Waals surface area contributed by atoms with E-state index < -0.39 is 17.9 Å². The van der Waals surface area contributed by atoms with Crippen LogP contribution in [0.4, 0.5) is 0 Å². The number of esters is 1. The molecule has 1 aromatic carbocycles. The van der Waals surface area contributed by atoms with E-state index in [1.807, 2.05) is 0 Å². The van der Waals surface area contributed by atoms with Gasteiger partial charge in [-0.2, -0.15) is 0 Å². The molecule has 0 unspecified atom stereocenters. The average Bonchev–Trinajstić information content (AvgIpc) is 2.92. The zero-order valence-corrected chi connectivity index (χ0v) is 10.1. The standard InChI is InChI=1S/C14H9O6/c15-12(16)9-5-10(13(17)18)7-11(6-9)20-14(19)8-3-1-2-4-8/h1-7H,(H,15,16)(H,17,18). The SMILES string of the molecule is O=C(Oc1cc(C(=O)O)cc(C(=O)O)c1)[C]1[CH][CH][CH][CH]1. The van der Waals surface area contributed by atoms with E-state index in [2.05, 4.69) is 0 Å². The van der Waals surface area contributed by atoms with Gasteiger partial charge in [-0.3, -0.25) is 4.79 Å². The number of carbonyl (C=O) groups is 3. The molecule has 0 saturated heterocycles. The third kappa shape index (κ3) is 3.14. The normalized spacial score (nSPS) is 15.0. The Morgan fingerprint density at radius 2 is 1.35 bits per heavy atom. The Kier molecular flexibility index (Phi) is 4.02. The molecule has 5 radical (unpaired) electrons. The maximum absolute atomic E-state index is 11.7. The molecule has 6 nitrogen and oxygen atoms in total. The summed E-state index contributed by atoms with van der Waals surface area (Å²) in [5, 5.41) is 17.8. The molecule has 0 bridgehead atoms. The maximum Gasteiger partial charge on any atom is 0.335 e. The second-order valence-electron chi connectivity index (χ2n) is 3.92. The largest absolute Gasteiger partial charge is 0.478 e. The lowest BCUT2D eigenvalue weighted by atomic mass is 10.1. The van der Waals surface area contributed by atoms with Crippen molar-refractivity contribution in [1.29, 1.82) is 0 Å². The van der Waals surface area contributed by atoms with E-state index >= 15 is 0 Å².